The largest absolute Gasteiger partial charge is 0.313 e. The Balaban J connectivity index is 1.95. The molecule has 3 unspecified atom stereocenters. The molecule has 2 heterocycles. The maximum Gasteiger partial charge on any atom is 0.220 e. The predicted octanol–water partition coefficient (Wildman–Crippen LogP) is 0.870. The van der Waals surface area contributed by atoms with Gasteiger partial charge >= 0.3 is 0 Å². The molecule has 3 rings (SSSR count). The van der Waals surface area contributed by atoms with Crippen molar-refractivity contribution in [2.24, 2.45) is 0 Å². The van der Waals surface area contributed by atoms with Crippen LogP contribution >= 0.6 is 11.6 Å². The molecule has 0 bridgehead atoms. The first-order chi connectivity index (χ1) is 10.9. The van der Waals surface area contributed by atoms with Crippen LogP contribution < -0.4 is 16.2 Å². The van der Waals surface area contributed by atoms with Crippen LogP contribution in [0.15, 0.2) is 24.3 Å². The van der Waals surface area contributed by atoms with Gasteiger partial charge in [-0.05, 0) is 31.5 Å². The monoisotopic (exact) mass is 358 g/mol. The molecule has 2 aliphatic heterocycles. The lowest BCUT2D eigenvalue weighted by Crippen LogP contribution is -2.54. The summed E-state index contributed by atoms with van der Waals surface area (Å²) in [7, 11) is -3.45. The van der Waals surface area contributed by atoms with Crippen LogP contribution in [0.4, 0.5) is 0 Å². The predicted molar refractivity (Wildman–Crippen MR) is 91.7 cm³/mol. The van der Waals surface area contributed by atoms with Crippen molar-refractivity contribution in [2.45, 2.75) is 37.2 Å². The van der Waals surface area contributed by atoms with Crippen molar-refractivity contribution in [3.05, 3.63) is 34.9 Å². The molecule has 3 N–H and O–H groups in total. The second kappa shape index (κ2) is 6.66. The lowest BCUT2D eigenvalue weighted by atomic mass is 10.1. The third-order valence-corrected chi connectivity index (χ3v) is 7.45. The fraction of sp³-hybridized carbons (Fsp3) is 0.600. The molecule has 0 amide bonds. The smallest absolute Gasteiger partial charge is 0.220 e. The fourth-order valence-corrected chi connectivity index (χ4v) is 6.10. The third-order valence-electron chi connectivity index (χ3n) is 4.62. The van der Waals surface area contributed by atoms with E-state index in [1.165, 1.54) is 0 Å². The molecule has 0 aromatic heterocycles. The number of rotatable bonds is 3. The molecule has 23 heavy (non-hydrogen) atoms. The van der Waals surface area contributed by atoms with Gasteiger partial charge in [0.2, 0.25) is 10.0 Å². The van der Waals surface area contributed by atoms with Crippen LogP contribution in [0.1, 0.15) is 25.5 Å². The molecular weight excluding hydrogens is 336 g/mol. The van der Waals surface area contributed by atoms with Crippen molar-refractivity contribution in [1.82, 2.24) is 20.5 Å². The lowest BCUT2D eigenvalue weighted by molar-refractivity contribution is 0.267. The summed E-state index contributed by atoms with van der Waals surface area (Å²) < 4.78 is 28.2. The maximum atomic E-state index is 13.3. The number of hydrogen-bond donors (Lipinski definition) is 3. The topological polar surface area (TPSA) is 73.5 Å². The van der Waals surface area contributed by atoms with Crippen LogP contribution in [0.25, 0.3) is 0 Å². The van der Waals surface area contributed by atoms with Crippen LogP contribution in [-0.4, -0.2) is 49.7 Å². The highest BCUT2D eigenvalue weighted by Gasteiger charge is 2.46. The molecular formula is C15H23ClN4O2S. The van der Waals surface area contributed by atoms with E-state index in [-0.39, 0.29) is 18.1 Å². The van der Waals surface area contributed by atoms with Crippen LogP contribution in [0.3, 0.4) is 0 Å². The number of nitrogens with one attached hydrogen (secondary N) is 3. The van der Waals surface area contributed by atoms with Gasteiger partial charge in [-0.1, -0.05) is 23.7 Å². The minimum atomic E-state index is -3.45. The molecule has 2 aliphatic rings. The zero-order valence-electron chi connectivity index (χ0n) is 13.3. The van der Waals surface area contributed by atoms with E-state index < -0.39 is 15.3 Å². The summed E-state index contributed by atoms with van der Waals surface area (Å²) in [5.41, 5.74) is 6.99. The fourth-order valence-electron chi connectivity index (χ4n) is 3.52. The summed E-state index contributed by atoms with van der Waals surface area (Å²) in [5.74, 6) is 0. The van der Waals surface area contributed by atoms with Gasteiger partial charge in [-0.2, -0.15) is 4.31 Å². The Hall–Kier alpha value is -0.700. The molecule has 1 aromatic rings. The van der Waals surface area contributed by atoms with Gasteiger partial charge in [-0.3, -0.25) is 10.9 Å². The molecule has 1 aromatic carbocycles. The Morgan fingerprint density at radius 1 is 1.22 bits per heavy atom. The van der Waals surface area contributed by atoms with Crippen LogP contribution in [0.2, 0.25) is 5.02 Å². The van der Waals surface area contributed by atoms with E-state index in [0.717, 1.165) is 5.56 Å². The number of hydrogen-bond acceptors (Lipinski definition) is 5. The SMILES string of the molecule is CC1NNC(C)C1S(=O)(=O)N1CCNCC1c1cccc(Cl)c1. The zero-order chi connectivity index (χ0) is 16.6. The second-order valence-corrected chi connectivity index (χ2v) is 8.74. The summed E-state index contributed by atoms with van der Waals surface area (Å²) in [6.07, 6.45) is 0. The minimum Gasteiger partial charge on any atom is -0.313 e. The molecule has 0 aliphatic carbocycles. The van der Waals surface area contributed by atoms with Gasteiger partial charge in [0.25, 0.3) is 0 Å². The highest BCUT2D eigenvalue weighted by Crippen LogP contribution is 2.31. The Labute approximate surface area is 142 Å². The van der Waals surface area contributed by atoms with E-state index in [1.807, 2.05) is 32.0 Å². The van der Waals surface area contributed by atoms with Gasteiger partial charge < -0.3 is 5.32 Å². The number of benzene rings is 1. The van der Waals surface area contributed by atoms with E-state index in [9.17, 15) is 8.42 Å². The van der Waals surface area contributed by atoms with E-state index in [2.05, 4.69) is 16.2 Å². The Morgan fingerprint density at radius 2 is 1.91 bits per heavy atom. The highest BCUT2D eigenvalue weighted by atomic mass is 35.5. The average Bonchev–Trinajstić information content (AvgIpc) is 2.87. The van der Waals surface area contributed by atoms with Gasteiger partial charge in [-0.15, -0.1) is 0 Å². The van der Waals surface area contributed by atoms with Crippen molar-refractivity contribution in [3.8, 4) is 0 Å². The molecule has 2 saturated heterocycles. The molecule has 128 valence electrons. The third kappa shape index (κ3) is 3.26. The minimum absolute atomic E-state index is 0.134. The second-order valence-electron chi connectivity index (χ2n) is 6.26. The lowest BCUT2D eigenvalue weighted by Gasteiger charge is -2.38. The standard InChI is InChI=1S/C15H23ClN4O2S/c1-10-15(11(2)19-18-10)23(21,22)20-7-6-17-9-14(20)12-4-3-5-13(16)8-12/h3-5,8,10-11,14-15,17-19H,6-7,9H2,1-2H3. The van der Waals surface area contributed by atoms with Gasteiger partial charge in [0.15, 0.2) is 0 Å². The van der Waals surface area contributed by atoms with E-state index in [4.69, 9.17) is 11.6 Å². The Morgan fingerprint density at radius 3 is 2.57 bits per heavy atom. The normalized spacial score (nSPS) is 33.0. The Bertz CT molecular complexity index is 659. The van der Waals surface area contributed by atoms with Crippen molar-refractivity contribution < 1.29 is 8.42 Å². The van der Waals surface area contributed by atoms with Gasteiger partial charge in [0.05, 0.1) is 6.04 Å². The Kier molecular flexibility index (Phi) is 4.96. The van der Waals surface area contributed by atoms with Crippen LogP contribution in [0.5, 0.6) is 0 Å². The van der Waals surface area contributed by atoms with Crippen molar-refractivity contribution >= 4 is 21.6 Å². The van der Waals surface area contributed by atoms with E-state index >= 15 is 0 Å². The molecule has 8 heteroatoms. The molecule has 3 atom stereocenters. The van der Waals surface area contributed by atoms with Crippen molar-refractivity contribution in [1.29, 1.82) is 0 Å². The van der Waals surface area contributed by atoms with E-state index in [0.29, 0.717) is 24.7 Å². The number of sulfonamides is 1. The summed E-state index contributed by atoms with van der Waals surface area (Å²) in [5, 5.41) is 3.43. The zero-order valence-corrected chi connectivity index (χ0v) is 14.9. The molecule has 0 saturated carbocycles. The highest BCUT2D eigenvalue weighted by molar-refractivity contribution is 7.89. The van der Waals surface area contributed by atoms with Gasteiger partial charge in [0, 0.05) is 36.7 Å². The number of piperazine rings is 1. The van der Waals surface area contributed by atoms with Crippen LogP contribution in [0, 0.1) is 0 Å². The summed E-state index contributed by atoms with van der Waals surface area (Å²) in [4.78, 5) is 0. The number of nitrogens with zero attached hydrogens (tertiary/aromatic N) is 1. The maximum absolute atomic E-state index is 13.3. The molecule has 0 spiro atoms. The number of halogens is 1. The first-order valence-electron chi connectivity index (χ1n) is 7.89. The summed E-state index contributed by atoms with van der Waals surface area (Å²) in [6, 6.07) is 6.95. The molecule has 0 radical (unpaired) electrons. The van der Waals surface area contributed by atoms with Crippen molar-refractivity contribution in [2.75, 3.05) is 19.6 Å². The summed E-state index contributed by atoms with van der Waals surface area (Å²) >= 11 is 6.09. The first-order valence-corrected chi connectivity index (χ1v) is 9.77. The van der Waals surface area contributed by atoms with Gasteiger partial charge in [-0.25, -0.2) is 8.42 Å². The summed E-state index contributed by atoms with van der Waals surface area (Å²) in [6.45, 7) is 5.52. The molecule has 6 nitrogen and oxygen atoms in total. The quantitative estimate of drug-likeness (QED) is 0.747. The number of hydrazine groups is 1. The molecule has 2 fully saturated rings. The van der Waals surface area contributed by atoms with Crippen LogP contribution in [-0.2, 0) is 10.0 Å². The van der Waals surface area contributed by atoms with Crippen molar-refractivity contribution in [3.63, 3.8) is 0 Å². The average molecular weight is 359 g/mol. The van der Waals surface area contributed by atoms with Gasteiger partial charge in [0.1, 0.15) is 5.25 Å². The van der Waals surface area contributed by atoms with E-state index in [1.54, 1.807) is 10.4 Å². The first kappa shape index (κ1) is 17.1.